The monoisotopic (exact) mass is 264 g/mol. The zero-order chi connectivity index (χ0) is 12.9. The Morgan fingerprint density at radius 2 is 1.82 bits per heavy atom. The Bertz CT molecular complexity index is 324. The summed E-state index contributed by atoms with van der Waals surface area (Å²) in [6.07, 6.45) is -0.285. The summed E-state index contributed by atoms with van der Waals surface area (Å²) in [4.78, 5) is 0. The fourth-order valence-corrected chi connectivity index (χ4v) is 2.29. The van der Waals surface area contributed by atoms with Crippen LogP contribution in [0.4, 0.5) is 13.2 Å². The van der Waals surface area contributed by atoms with E-state index in [0.717, 1.165) is 5.56 Å². The van der Waals surface area contributed by atoms with Crippen LogP contribution >= 0.6 is 11.8 Å². The summed E-state index contributed by atoms with van der Waals surface area (Å²) in [5.74, 6) is -0.500. The molecule has 2 unspecified atom stereocenters. The summed E-state index contributed by atoms with van der Waals surface area (Å²) in [7, 11) is 0. The molecule has 1 N–H and O–H groups in total. The molecule has 5 heteroatoms. The smallest absolute Gasteiger partial charge is 0.393 e. The Labute approximate surface area is 103 Å². The van der Waals surface area contributed by atoms with Crippen LogP contribution in [0.3, 0.4) is 0 Å². The molecule has 1 aromatic rings. The number of benzene rings is 1. The number of aliphatic hydroxyl groups excluding tert-OH is 1. The third-order valence-electron chi connectivity index (χ3n) is 2.48. The third kappa shape index (κ3) is 5.98. The van der Waals surface area contributed by atoms with Crippen LogP contribution in [0.5, 0.6) is 0 Å². The zero-order valence-corrected chi connectivity index (χ0v) is 10.3. The molecule has 2 atom stereocenters. The molecule has 0 spiro atoms. The fraction of sp³-hybridized carbons (Fsp3) is 0.500. The summed E-state index contributed by atoms with van der Waals surface area (Å²) in [5.41, 5.74) is -3.29. The van der Waals surface area contributed by atoms with Crippen LogP contribution in [0.25, 0.3) is 0 Å². The van der Waals surface area contributed by atoms with Gasteiger partial charge in [-0.1, -0.05) is 42.1 Å². The highest BCUT2D eigenvalue weighted by Crippen LogP contribution is 2.33. The minimum atomic E-state index is -4.23. The van der Waals surface area contributed by atoms with Crippen molar-refractivity contribution in [3.8, 4) is 0 Å². The molecule has 0 saturated heterocycles. The molecule has 96 valence electrons. The molecule has 1 rings (SSSR count). The lowest BCUT2D eigenvalue weighted by Gasteiger charge is -2.20. The first-order valence-corrected chi connectivity index (χ1v) is 6.29. The van der Waals surface area contributed by atoms with E-state index in [4.69, 9.17) is 0 Å². The molecular formula is C12H15F3OS. The maximum absolute atomic E-state index is 12.1. The fourth-order valence-electron chi connectivity index (χ4n) is 1.49. The van der Waals surface area contributed by atoms with E-state index in [1.165, 1.54) is 6.92 Å². The lowest BCUT2D eigenvalue weighted by atomic mass is 9.97. The second-order valence-corrected chi connectivity index (χ2v) is 5.03. The van der Waals surface area contributed by atoms with Crippen LogP contribution in [0.2, 0.25) is 0 Å². The second-order valence-electron chi connectivity index (χ2n) is 3.95. The first kappa shape index (κ1) is 14.4. The van der Waals surface area contributed by atoms with Gasteiger partial charge in [0.05, 0.1) is 6.10 Å². The average molecular weight is 264 g/mol. The number of alkyl halides is 3. The molecule has 0 bridgehead atoms. The largest absolute Gasteiger partial charge is 0.441 e. The minimum Gasteiger partial charge on any atom is -0.393 e. The van der Waals surface area contributed by atoms with Crippen LogP contribution in [0, 0.1) is 5.92 Å². The van der Waals surface area contributed by atoms with E-state index in [9.17, 15) is 18.3 Å². The Morgan fingerprint density at radius 3 is 2.29 bits per heavy atom. The van der Waals surface area contributed by atoms with Crippen molar-refractivity contribution in [3.05, 3.63) is 35.9 Å². The van der Waals surface area contributed by atoms with Gasteiger partial charge in [-0.25, -0.2) is 0 Å². The highest BCUT2D eigenvalue weighted by molar-refractivity contribution is 8.00. The Kier molecular flexibility index (Phi) is 5.33. The van der Waals surface area contributed by atoms with E-state index in [0.29, 0.717) is 6.42 Å². The standard InChI is InChI=1S/C12H15F3OS/c1-9(16)11(8-17-12(13,14)15)7-10-5-3-2-4-6-10/h2-6,9,11,16H,7-8H2,1H3. The van der Waals surface area contributed by atoms with Gasteiger partial charge in [-0.3, -0.25) is 0 Å². The van der Waals surface area contributed by atoms with Crippen molar-refractivity contribution in [2.45, 2.75) is 25.0 Å². The summed E-state index contributed by atoms with van der Waals surface area (Å²) in [5, 5.41) is 9.49. The molecule has 0 amide bonds. The maximum atomic E-state index is 12.1. The van der Waals surface area contributed by atoms with Crippen LogP contribution in [-0.2, 0) is 6.42 Å². The lowest BCUT2D eigenvalue weighted by molar-refractivity contribution is -0.0332. The van der Waals surface area contributed by atoms with Crippen molar-refractivity contribution in [2.75, 3.05) is 5.75 Å². The van der Waals surface area contributed by atoms with Gasteiger partial charge in [-0.15, -0.1) is 0 Å². The van der Waals surface area contributed by atoms with E-state index >= 15 is 0 Å². The summed E-state index contributed by atoms with van der Waals surface area (Å²) < 4.78 is 36.3. The topological polar surface area (TPSA) is 20.2 Å². The highest BCUT2D eigenvalue weighted by Gasteiger charge is 2.30. The number of halogens is 3. The van der Waals surface area contributed by atoms with Crippen molar-refractivity contribution >= 4 is 11.8 Å². The summed E-state index contributed by atoms with van der Waals surface area (Å²) in [6.45, 7) is 1.53. The van der Waals surface area contributed by atoms with E-state index in [1.807, 2.05) is 30.3 Å². The molecule has 0 aromatic heterocycles. The SMILES string of the molecule is CC(O)C(CSC(F)(F)F)Cc1ccccc1. The molecule has 1 aromatic carbocycles. The van der Waals surface area contributed by atoms with E-state index < -0.39 is 11.6 Å². The Hall–Kier alpha value is -0.680. The van der Waals surface area contributed by atoms with Gasteiger partial charge < -0.3 is 5.11 Å². The first-order valence-electron chi connectivity index (χ1n) is 5.31. The van der Waals surface area contributed by atoms with Crippen LogP contribution in [-0.4, -0.2) is 22.5 Å². The number of hydrogen-bond acceptors (Lipinski definition) is 2. The molecule has 0 aliphatic rings. The number of hydrogen-bond donors (Lipinski definition) is 1. The van der Waals surface area contributed by atoms with Crippen molar-refractivity contribution in [2.24, 2.45) is 5.92 Å². The molecule has 1 nitrogen and oxygen atoms in total. The van der Waals surface area contributed by atoms with Crippen LogP contribution in [0.15, 0.2) is 30.3 Å². The normalized spacial score (nSPS) is 15.6. The van der Waals surface area contributed by atoms with Gasteiger partial charge >= 0.3 is 5.51 Å². The van der Waals surface area contributed by atoms with Gasteiger partial charge in [0.1, 0.15) is 0 Å². The molecule has 0 heterocycles. The molecule has 0 radical (unpaired) electrons. The van der Waals surface area contributed by atoms with Gasteiger partial charge in [0.25, 0.3) is 0 Å². The summed E-state index contributed by atoms with van der Waals surface area (Å²) in [6, 6.07) is 9.24. The predicted octanol–water partition coefficient (Wildman–Crippen LogP) is 3.48. The summed E-state index contributed by atoms with van der Waals surface area (Å²) >= 11 is -0.0707. The van der Waals surface area contributed by atoms with E-state index in [1.54, 1.807) is 0 Å². The van der Waals surface area contributed by atoms with Crippen molar-refractivity contribution in [3.63, 3.8) is 0 Å². The Balaban J connectivity index is 2.55. The number of thioether (sulfide) groups is 1. The van der Waals surface area contributed by atoms with Gasteiger partial charge in [0.15, 0.2) is 0 Å². The number of rotatable bonds is 5. The van der Waals surface area contributed by atoms with Gasteiger partial charge in [0, 0.05) is 5.75 Å². The molecule has 17 heavy (non-hydrogen) atoms. The molecule has 0 saturated carbocycles. The molecule has 0 aliphatic heterocycles. The quantitative estimate of drug-likeness (QED) is 0.878. The van der Waals surface area contributed by atoms with E-state index in [-0.39, 0.29) is 23.4 Å². The molecule has 0 fully saturated rings. The van der Waals surface area contributed by atoms with Crippen LogP contribution < -0.4 is 0 Å². The first-order chi connectivity index (χ1) is 7.88. The third-order valence-corrected chi connectivity index (χ3v) is 3.41. The number of aliphatic hydroxyl groups is 1. The second kappa shape index (κ2) is 6.31. The van der Waals surface area contributed by atoms with Crippen LogP contribution in [0.1, 0.15) is 12.5 Å². The van der Waals surface area contributed by atoms with Gasteiger partial charge in [-0.05, 0) is 24.8 Å². The maximum Gasteiger partial charge on any atom is 0.441 e. The average Bonchev–Trinajstić information content (AvgIpc) is 2.24. The van der Waals surface area contributed by atoms with Crippen molar-refractivity contribution < 1.29 is 18.3 Å². The van der Waals surface area contributed by atoms with Gasteiger partial charge in [-0.2, -0.15) is 13.2 Å². The van der Waals surface area contributed by atoms with E-state index in [2.05, 4.69) is 0 Å². The van der Waals surface area contributed by atoms with Crippen molar-refractivity contribution in [1.29, 1.82) is 0 Å². The van der Waals surface area contributed by atoms with Crippen molar-refractivity contribution in [1.82, 2.24) is 0 Å². The molecular weight excluding hydrogens is 249 g/mol. The minimum absolute atomic E-state index is 0.0707. The Morgan fingerprint density at radius 1 is 1.24 bits per heavy atom. The zero-order valence-electron chi connectivity index (χ0n) is 9.45. The predicted molar refractivity (Wildman–Crippen MR) is 63.8 cm³/mol. The highest BCUT2D eigenvalue weighted by atomic mass is 32.2. The van der Waals surface area contributed by atoms with Gasteiger partial charge in [0.2, 0.25) is 0 Å². The molecule has 0 aliphatic carbocycles. The lowest BCUT2D eigenvalue weighted by Crippen LogP contribution is -2.23.